The number of ether oxygens (including phenoxy) is 1. The van der Waals surface area contributed by atoms with E-state index in [2.05, 4.69) is 18.6 Å². The quantitative estimate of drug-likeness (QED) is 0.514. The lowest BCUT2D eigenvalue weighted by Crippen LogP contribution is -2.13. The summed E-state index contributed by atoms with van der Waals surface area (Å²) in [5.74, 6) is -0.746. The summed E-state index contributed by atoms with van der Waals surface area (Å²) < 4.78 is 4.45. The number of rotatable bonds is 4. The molecule has 1 aliphatic heterocycles. The van der Waals surface area contributed by atoms with Crippen molar-refractivity contribution in [2.75, 3.05) is 0 Å². The van der Waals surface area contributed by atoms with Gasteiger partial charge in [-0.3, -0.25) is 9.59 Å². The zero-order chi connectivity index (χ0) is 9.84. The van der Waals surface area contributed by atoms with Gasteiger partial charge in [0, 0.05) is 5.25 Å². The normalized spacial score (nSPS) is 24.6. The van der Waals surface area contributed by atoms with Crippen molar-refractivity contribution in [3.05, 3.63) is 0 Å². The van der Waals surface area contributed by atoms with Crippen molar-refractivity contribution in [3.8, 4) is 0 Å². The predicted molar refractivity (Wildman–Crippen MR) is 51.5 cm³/mol. The third-order valence-electron chi connectivity index (χ3n) is 1.92. The molecule has 3 nitrogen and oxygen atoms in total. The van der Waals surface area contributed by atoms with Crippen LogP contribution in [0, 0.1) is 0 Å². The van der Waals surface area contributed by atoms with E-state index in [-0.39, 0.29) is 23.6 Å². The molecule has 0 aromatic heterocycles. The third-order valence-corrected chi connectivity index (χ3v) is 3.31. The van der Waals surface area contributed by atoms with Gasteiger partial charge in [0.25, 0.3) is 0 Å². The van der Waals surface area contributed by atoms with Crippen molar-refractivity contribution in [2.45, 2.75) is 43.6 Å². The van der Waals surface area contributed by atoms with Crippen molar-refractivity contribution < 1.29 is 14.3 Å². The van der Waals surface area contributed by atoms with E-state index < -0.39 is 0 Å². The molecule has 1 fully saturated rings. The highest BCUT2D eigenvalue weighted by Crippen LogP contribution is 2.28. The Morgan fingerprint density at radius 2 is 2.31 bits per heavy atom. The summed E-state index contributed by atoms with van der Waals surface area (Å²) in [4.78, 5) is 21.8. The van der Waals surface area contributed by atoms with Gasteiger partial charge in [-0.2, -0.15) is 0 Å². The standard InChI is InChI=1S/C9H14O3S/c1-3-4-6(2)13-7-5-8(10)12-9(7)11/h6-7H,3-5H2,1-2H3. The van der Waals surface area contributed by atoms with Crippen LogP contribution in [-0.2, 0) is 14.3 Å². The summed E-state index contributed by atoms with van der Waals surface area (Å²) in [6.07, 6.45) is 2.42. The summed E-state index contributed by atoms with van der Waals surface area (Å²) in [5.41, 5.74) is 0. The van der Waals surface area contributed by atoms with E-state index >= 15 is 0 Å². The van der Waals surface area contributed by atoms with Crippen LogP contribution in [0.2, 0.25) is 0 Å². The van der Waals surface area contributed by atoms with Gasteiger partial charge in [-0.1, -0.05) is 20.3 Å². The molecule has 0 spiro atoms. The monoisotopic (exact) mass is 202 g/mol. The minimum atomic E-state index is -0.383. The molecule has 0 amide bonds. The Kier molecular flexibility index (Phi) is 3.78. The minimum Gasteiger partial charge on any atom is -0.392 e. The largest absolute Gasteiger partial charge is 0.392 e. The SMILES string of the molecule is CCCC(C)SC1CC(=O)OC1=O. The van der Waals surface area contributed by atoms with Crippen LogP contribution in [0.15, 0.2) is 0 Å². The molecule has 1 heterocycles. The van der Waals surface area contributed by atoms with Crippen molar-refractivity contribution >= 4 is 23.7 Å². The van der Waals surface area contributed by atoms with Crippen LogP contribution in [-0.4, -0.2) is 22.4 Å². The average Bonchev–Trinajstić information content (AvgIpc) is 2.30. The second-order valence-corrected chi connectivity index (χ2v) is 4.87. The van der Waals surface area contributed by atoms with E-state index in [9.17, 15) is 9.59 Å². The van der Waals surface area contributed by atoms with Gasteiger partial charge in [0.1, 0.15) is 5.25 Å². The van der Waals surface area contributed by atoms with E-state index in [1.54, 1.807) is 11.8 Å². The number of hydrogen-bond donors (Lipinski definition) is 0. The molecular formula is C9H14O3S. The van der Waals surface area contributed by atoms with Crippen LogP contribution >= 0.6 is 11.8 Å². The number of thioether (sulfide) groups is 1. The number of hydrogen-bond acceptors (Lipinski definition) is 4. The van der Waals surface area contributed by atoms with Crippen molar-refractivity contribution in [1.82, 2.24) is 0 Å². The topological polar surface area (TPSA) is 43.4 Å². The van der Waals surface area contributed by atoms with E-state index in [0.29, 0.717) is 5.25 Å². The molecule has 1 saturated heterocycles. The lowest BCUT2D eigenvalue weighted by molar-refractivity contribution is -0.151. The fourth-order valence-corrected chi connectivity index (χ4v) is 2.64. The number of esters is 2. The summed E-state index contributed by atoms with van der Waals surface area (Å²) >= 11 is 1.55. The second-order valence-electron chi connectivity index (χ2n) is 3.22. The van der Waals surface area contributed by atoms with Crippen molar-refractivity contribution in [1.29, 1.82) is 0 Å². The smallest absolute Gasteiger partial charge is 0.327 e. The predicted octanol–water partition coefficient (Wildman–Crippen LogP) is 1.75. The lowest BCUT2D eigenvalue weighted by Gasteiger charge is -2.11. The van der Waals surface area contributed by atoms with E-state index in [1.165, 1.54) is 0 Å². The van der Waals surface area contributed by atoms with E-state index in [1.807, 2.05) is 0 Å². The Morgan fingerprint density at radius 3 is 2.77 bits per heavy atom. The van der Waals surface area contributed by atoms with Crippen molar-refractivity contribution in [2.24, 2.45) is 0 Å². The third kappa shape index (κ3) is 3.03. The summed E-state index contributed by atoms with van der Waals surface area (Å²) in [5, 5.41) is 0.169. The molecule has 4 heteroatoms. The highest BCUT2D eigenvalue weighted by atomic mass is 32.2. The van der Waals surface area contributed by atoms with E-state index in [4.69, 9.17) is 0 Å². The van der Waals surface area contributed by atoms with Gasteiger partial charge >= 0.3 is 11.9 Å². The molecule has 13 heavy (non-hydrogen) atoms. The maximum atomic E-state index is 11.1. The molecule has 0 radical (unpaired) electrons. The second kappa shape index (κ2) is 4.65. The Morgan fingerprint density at radius 1 is 1.62 bits per heavy atom. The molecule has 0 aromatic rings. The summed E-state index contributed by atoms with van der Waals surface area (Å²) in [7, 11) is 0. The molecular weight excluding hydrogens is 188 g/mol. The van der Waals surface area contributed by atoms with Gasteiger partial charge in [0.2, 0.25) is 0 Å². The van der Waals surface area contributed by atoms with Crippen LogP contribution in [0.4, 0.5) is 0 Å². The molecule has 0 N–H and O–H groups in total. The average molecular weight is 202 g/mol. The molecule has 74 valence electrons. The van der Waals surface area contributed by atoms with Crippen LogP contribution in [0.25, 0.3) is 0 Å². The maximum Gasteiger partial charge on any atom is 0.327 e. The van der Waals surface area contributed by atoms with Crippen LogP contribution in [0.1, 0.15) is 33.1 Å². The van der Waals surface area contributed by atoms with Gasteiger partial charge in [-0.15, -0.1) is 11.8 Å². The zero-order valence-corrected chi connectivity index (χ0v) is 8.73. The first kappa shape index (κ1) is 10.6. The van der Waals surface area contributed by atoms with Gasteiger partial charge < -0.3 is 4.74 Å². The first-order chi connectivity index (χ1) is 6.13. The first-order valence-electron chi connectivity index (χ1n) is 4.53. The van der Waals surface area contributed by atoms with Gasteiger partial charge in [-0.05, 0) is 6.42 Å². The van der Waals surface area contributed by atoms with Crippen LogP contribution < -0.4 is 0 Å². The van der Waals surface area contributed by atoms with Gasteiger partial charge in [0.15, 0.2) is 0 Å². The minimum absolute atomic E-state index is 0.248. The summed E-state index contributed by atoms with van der Waals surface area (Å²) in [6.45, 7) is 4.18. The Balaban J connectivity index is 2.36. The Labute approximate surface area is 82.2 Å². The lowest BCUT2D eigenvalue weighted by atomic mass is 10.3. The van der Waals surface area contributed by atoms with Crippen molar-refractivity contribution in [3.63, 3.8) is 0 Å². The zero-order valence-electron chi connectivity index (χ0n) is 7.91. The fourth-order valence-electron chi connectivity index (χ4n) is 1.31. The number of cyclic esters (lactones) is 2. The number of carbonyl (C=O) groups is 2. The fraction of sp³-hybridized carbons (Fsp3) is 0.778. The molecule has 2 atom stereocenters. The maximum absolute atomic E-state index is 11.1. The first-order valence-corrected chi connectivity index (χ1v) is 5.47. The highest BCUT2D eigenvalue weighted by Gasteiger charge is 2.34. The van der Waals surface area contributed by atoms with Crippen LogP contribution in [0.3, 0.4) is 0 Å². The molecule has 1 rings (SSSR count). The van der Waals surface area contributed by atoms with Gasteiger partial charge in [-0.25, -0.2) is 0 Å². The highest BCUT2D eigenvalue weighted by molar-refractivity contribution is 8.01. The molecule has 0 aromatic carbocycles. The molecule has 0 saturated carbocycles. The summed E-state index contributed by atoms with van der Waals surface area (Å²) in [6, 6.07) is 0. The molecule has 0 aliphatic carbocycles. The Hall–Kier alpha value is -0.510. The Bertz CT molecular complexity index is 215. The molecule has 0 bridgehead atoms. The van der Waals surface area contributed by atoms with E-state index in [0.717, 1.165) is 12.8 Å². The van der Waals surface area contributed by atoms with Crippen LogP contribution in [0.5, 0.6) is 0 Å². The molecule has 1 aliphatic rings. The van der Waals surface area contributed by atoms with Gasteiger partial charge in [0.05, 0.1) is 6.42 Å². The number of carbonyl (C=O) groups excluding carboxylic acids is 2. The molecule has 2 unspecified atom stereocenters.